The van der Waals surface area contributed by atoms with Gasteiger partial charge in [0.25, 0.3) is 0 Å². The number of halogens is 1. The van der Waals surface area contributed by atoms with E-state index in [0.717, 1.165) is 35.6 Å². The molecule has 0 radical (unpaired) electrons. The Labute approximate surface area is 160 Å². The zero-order valence-corrected chi connectivity index (χ0v) is 16.7. The molecule has 130 valence electrons. The molecule has 0 bridgehead atoms. The molecule has 1 aliphatic carbocycles. The van der Waals surface area contributed by atoms with Crippen LogP contribution >= 0.6 is 24.0 Å². The Morgan fingerprint density at radius 1 is 1.38 bits per heavy atom. The molecule has 2 N–H and O–H groups in total. The number of aliphatic imine (C=N–C) groups is 1. The number of guanidine groups is 1. The van der Waals surface area contributed by atoms with E-state index in [9.17, 15) is 0 Å². The summed E-state index contributed by atoms with van der Waals surface area (Å²) in [7, 11) is 0. The molecule has 0 aromatic carbocycles. The van der Waals surface area contributed by atoms with Gasteiger partial charge in [-0.1, -0.05) is 13.0 Å². The van der Waals surface area contributed by atoms with Crippen LogP contribution in [0.15, 0.2) is 35.7 Å². The van der Waals surface area contributed by atoms with E-state index < -0.39 is 0 Å². The Kier molecular flexibility index (Phi) is 6.59. The van der Waals surface area contributed by atoms with Gasteiger partial charge >= 0.3 is 0 Å². The zero-order valence-electron chi connectivity index (χ0n) is 14.4. The third-order valence-electron chi connectivity index (χ3n) is 4.10. The molecule has 2 atom stereocenters. The molecule has 1 aliphatic rings. The van der Waals surface area contributed by atoms with Crippen molar-refractivity contribution in [2.24, 2.45) is 10.9 Å². The number of nitrogens with one attached hydrogen (secondary N) is 2. The van der Waals surface area contributed by atoms with Gasteiger partial charge in [-0.05, 0) is 32.3 Å². The minimum Gasteiger partial charge on any atom is -0.357 e. The lowest BCUT2D eigenvalue weighted by Gasteiger charge is -2.12. The minimum absolute atomic E-state index is 0. The van der Waals surface area contributed by atoms with Crippen LogP contribution in [0.25, 0.3) is 5.82 Å². The number of imidazole rings is 1. The van der Waals surface area contributed by atoms with Crippen molar-refractivity contribution >= 4 is 29.9 Å². The van der Waals surface area contributed by atoms with Crippen molar-refractivity contribution in [3.8, 4) is 5.82 Å². The second-order valence-electron chi connectivity index (χ2n) is 5.99. The van der Waals surface area contributed by atoms with Crippen molar-refractivity contribution in [3.63, 3.8) is 0 Å². The lowest BCUT2D eigenvalue weighted by Crippen LogP contribution is -2.39. The third-order valence-corrected chi connectivity index (χ3v) is 4.10. The molecular weight excluding hydrogens is 415 g/mol. The Morgan fingerprint density at radius 2 is 2.17 bits per heavy atom. The second-order valence-corrected chi connectivity index (χ2v) is 5.99. The summed E-state index contributed by atoms with van der Waals surface area (Å²) < 4.78 is 1.99. The molecular formula is C17H25IN6. The average Bonchev–Trinajstić information content (AvgIpc) is 3.06. The van der Waals surface area contributed by atoms with Crippen LogP contribution in [-0.4, -0.2) is 33.1 Å². The van der Waals surface area contributed by atoms with Crippen molar-refractivity contribution in [3.05, 3.63) is 42.1 Å². The van der Waals surface area contributed by atoms with Crippen molar-refractivity contribution in [2.75, 3.05) is 6.54 Å². The molecule has 0 spiro atoms. The first-order chi connectivity index (χ1) is 11.2. The fourth-order valence-corrected chi connectivity index (χ4v) is 2.56. The smallest absolute Gasteiger partial charge is 0.191 e. The first kappa shape index (κ1) is 18.7. The van der Waals surface area contributed by atoms with Gasteiger partial charge in [0.2, 0.25) is 0 Å². The minimum atomic E-state index is 0. The predicted molar refractivity (Wildman–Crippen MR) is 107 cm³/mol. The number of nitrogens with zero attached hydrogens (tertiary/aromatic N) is 4. The topological polar surface area (TPSA) is 67.1 Å². The average molecular weight is 440 g/mol. The van der Waals surface area contributed by atoms with Crippen LogP contribution in [0.3, 0.4) is 0 Å². The number of hydrogen-bond acceptors (Lipinski definition) is 3. The molecule has 2 aromatic rings. The number of aromatic nitrogens is 3. The third kappa shape index (κ3) is 4.46. The van der Waals surface area contributed by atoms with E-state index in [-0.39, 0.29) is 24.0 Å². The van der Waals surface area contributed by atoms with Gasteiger partial charge in [-0.2, -0.15) is 0 Å². The van der Waals surface area contributed by atoms with E-state index in [4.69, 9.17) is 4.99 Å². The van der Waals surface area contributed by atoms with E-state index in [1.54, 1.807) is 12.4 Å². The summed E-state index contributed by atoms with van der Waals surface area (Å²) in [6, 6.07) is 4.57. The highest BCUT2D eigenvalue weighted by Crippen LogP contribution is 2.28. The maximum Gasteiger partial charge on any atom is 0.191 e. The summed E-state index contributed by atoms with van der Waals surface area (Å²) in [4.78, 5) is 13.5. The Morgan fingerprint density at radius 3 is 2.79 bits per heavy atom. The lowest BCUT2D eigenvalue weighted by atomic mass is 10.2. The quantitative estimate of drug-likeness (QED) is 0.426. The molecule has 24 heavy (non-hydrogen) atoms. The monoisotopic (exact) mass is 440 g/mol. The van der Waals surface area contributed by atoms with Crippen LogP contribution in [0, 0.1) is 12.8 Å². The Hall–Kier alpha value is -1.64. The van der Waals surface area contributed by atoms with Crippen LogP contribution < -0.4 is 10.6 Å². The van der Waals surface area contributed by atoms with Crippen molar-refractivity contribution in [2.45, 2.75) is 39.8 Å². The number of hydrogen-bond donors (Lipinski definition) is 2. The number of aryl methyl sites for hydroxylation is 1. The summed E-state index contributed by atoms with van der Waals surface area (Å²) in [5.41, 5.74) is 1.08. The summed E-state index contributed by atoms with van der Waals surface area (Å²) >= 11 is 0. The Bertz CT molecular complexity index is 696. The molecule has 0 amide bonds. The fourth-order valence-electron chi connectivity index (χ4n) is 2.56. The van der Waals surface area contributed by atoms with Crippen molar-refractivity contribution < 1.29 is 0 Å². The van der Waals surface area contributed by atoms with Crippen LogP contribution in [-0.2, 0) is 6.54 Å². The highest BCUT2D eigenvalue weighted by atomic mass is 127. The predicted octanol–water partition coefficient (Wildman–Crippen LogP) is 2.66. The highest BCUT2D eigenvalue weighted by Gasteiger charge is 2.33. The summed E-state index contributed by atoms with van der Waals surface area (Å²) in [5, 5.41) is 6.79. The van der Waals surface area contributed by atoms with Gasteiger partial charge in [-0.15, -0.1) is 24.0 Å². The SMILES string of the molecule is CCNC(=NCc1cccnc1-n1ccnc1C)NC1CC1C.I. The fraction of sp³-hybridized carbons (Fsp3) is 0.471. The largest absolute Gasteiger partial charge is 0.357 e. The van der Waals surface area contributed by atoms with Crippen LogP contribution in [0.4, 0.5) is 0 Å². The molecule has 7 heteroatoms. The van der Waals surface area contributed by atoms with E-state index in [0.29, 0.717) is 12.6 Å². The Balaban J connectivity index is 0.00000208. The van der Waals surface area contributed by atoms with Gasteiger partial charge in [-0.25, -0.2) is 15.0 Å². The summed E-state index contributed by atoms with van der Waals surface area (Å²) in [6.45, 7) is 7.74. The van der Waals surface area contributed by atoms with Crippen molar-refractivity contribution in [1.29, 1.82) is 0 Å². The molecule has 0 saturated heterocycles. The van der Waals surface area contributed by atoms with Gasteiger partial charge in [0.05, 0.1) is 6.54 Å². The lowest BCUT2D eigenvalue weighted by molar-refractivity contribution is 0.765. The highest BCUT2D eigenvalue weighted by molar-refractivity contribution is 14.0. The number of rotatable bonds is 5. The van der Waals surface area contributed by atoms with Gasteiger partial charge in [0, 0.05) is 36.7 Å². The second kappa shape index (κ2) is 8.46. The maximum atomic E-state index is 4.72. The molecule has 3 rings (SSSR count). The van der Waals surface area contributed by atoms with Crippen LogP contribution in [0.1, 0.15) is 31.7 Å². The molecule has 1 saturated carbocycles. The van der Waals surface area contributed by atoms with Crippen LogP contribution in [0.2, 0.25) is 0 Å². The van der Waals surface area contributed by atoms with Gasteiger partial charge < -0.3 is 10.6 Å². The maximum absolute atomic E-state index is 4.72. The van der Waals surface area contributed by atoms with E-state index in [1.165, 1.54) is 6.42 Å². The zero-order chi connectivity index (χ0) is 16.2. The van der Waals surface area contributed by atoms with Crippen molar-refractivity contribution in [1.82, 2.24) is 25.2 Å². The first-order valence-electron chi connectivity index (χ1n) is 8.18. The first-order valence-corrected chi connectivity index (χ1v) is 8.18. The molecule has 6 nitrogen and oxygen atoms in total. The van der Waals surface area contributed by atoms with Gasteiger partial charge in [0.15, 0.2) is 5.96 Å². The number of pyridine rings is 1. The summed E-state index contributed by atoms with van der Waals surface area (Å²) in [6.07, 6.45) is 6.74. The van der Waals surface area contributed by atoms with Crippen LogP contribution in [0.5, 0.6) is 0 Å². The van der Waals surface area contributed by atoms with E-state index >= 15 is 0 Å². The molecule has 2 aromatic heterocycles. The van der Waals surface area contributed by atoms with Gasteiger partial charge in [-0.3, -0.25) is 4.57 Å². The van der Waals surface area contributed by atoms with E-state index in [2.05, 4.69) is 40.5 Å². The molecule has 2 unspecified atom stereocenters. The van der Waals surface area contributed by atoms with E-state index in [1.807, 2.05) is 23.8 Å². The summed E-state index contributed by atoms with van der Waals surface area (Å²) in [5.74, 6) is 3.42. The standard InChI is InChI=1S/C17H24N6.HI/c1-4-18-17(22-15-10-12(15)2)21-11-14-6-5-7-20-16(14)23-9-8-19-13(23)3;/h5-9,12,15H,4,10-11H2,1-3H3,(H2,18,21,22);1H. The normalized spacial score (nSPS) is 19.5. The van der Waals surface area contributed by atoms with Gasteiger partial charge in [0.1, 0.15) is 11.6 Å². The molecule has 2 heterocycles. The molecule has 1 fully saturated rings. The molecule has 0 aliphatic heterocycles.